The van der Waals surface area contributed by atoms with Crippen molar-refractivity contribution < 1.29 is 0 Å². The lowest BCUT2D eigenvalue weighted by atomic mass is 10.1. The Bertz CT molecular complexity index is 188. The normalized spacial score (nSPS) is 11.9. The van der Waals surface area contributed by atoms with Crippen molar-refractivity contribution in [2.24, 2.45) is 0 Å². The predicted molar refractivity (Wildman–Crippen MR) is 84.7 cm³/mol. The summed E-state index contributed by atoms with van der Waals surface area (Å²) in [4.78, 5) is 0. The summed E-state index contributed by atoms with van der Waals surface area (Å²) < 4.78 is 0. The van der Waals surface area contributed by atoms with Crippen LogP contribution in [0.1, 0.15) is 84.0 Å². The highest BCUT2D eigenvalue weighted by Crippen LogP contribution is 2.08. The standard InChI is InChI=1S/C18H33/c1-3-5-7-9-11-13-15-17-18-16-14-12-10-8-6-4-2/h7,9-10,12H,1,3-6,8,11,13-18H2,2H3. The van der Waals surface area contributed by atoms with Crippen LogP contribution in [0.5, 0.6) is 0 Å². The monoisotopic (exact) mass is 249 g/mol. The van der Waals surface area contributed by atoms with E-state index in [-0.39, 0.29) is 0 Å². The highest BCUT2D eigenvalue weighted by molar-refractivity contribution is 4.82. The van der Waals surface area contributed by atoms with Gasteiger partial charge in [-0.25, -0.2) is 0 Å². The Morgan fingerprint density at radius 1 is 0.611 bits per heavy atom. The molecule has 0 aliphatic carbocycles. The molecule has 0 amide bonds. The number of rotatable bonds is 13. The lowest BCUT2D eigenvalue weighted by Gasteiger charge is -1.98. The molecular formula is C18H33. The van der Waals surface area contributed by atoms with Crippen LogP contribution in [-0.2, 0) is 0 Å². The number of allylic oxidation sites excluding steroid dienone is 4. The van der Waals surface area contributed by atoms with Crippen molar-refractivity contribution in [1.29, 1.82) is 0 Å². The molecule has 1 radical (unpaired) electrons. The molecule has 0 saturated heterocycles. The molecular weight excluding hydrogens is 216 g/mol. The van der Waals surface area contributed by atoms with E-state index in [1.165, 1.54) is 64.2 Å². The molecule has 0 fully saturated rings. The SMILES string of the molecule is [CH2]CCC=CCCCCCCCC=CCCCC. The van der Waals surface area contributed by atoms with Gasteiger partial charge in [0.2, 0.25) is 0 Å². The summed E-state index contributed by atoms with van der Waals surface area (Å²) in [5, 5.41) is 0. The van der Waals surface area contributed by atoms with Crippen molar-refractivity contribution in [3.05, 3.63) is 31.2 Å². The second kappa shape index (κ2) is 16.5. The molecule has 0 spiro atoms. The molecule has 0 aliphatic heterocycles. The van der Waals surface area contributed by atoms with E-state index in [1.54, 1.807) is 0 Å². The van der Waals surface area contributed by atoms with Crippen LogP contribution in [0.25, 0.3) is 0 Å². The average Bonchev–Trinajstić information content (AvgIpc) is 2.39. The Morgan fingerprint density at radius 2 is 1.06 bits per heavy atom. The third-order valence-electron chi connectivity index (χ3n) is 3.17. The largest absolute Gasteiger partial charge is 0.0885 e. The Balaban J connectivity index is 3.05. The van der Waals surface area contributed by atoms with E-state index in [1.807, 2.05) is 0 Å². The van der Waals surface area contributed by atoms with Gasteiger partial charge in [0.1, 0.15) is 0 Å². The van der Waals surface area contributed by atoms with Gasteiger partial charge in [0.05, 0.1) is 0 Å². The molecule has 0 aromatic carbocycles. The second-order valence-corrected chi connectivity index (χ2v) is 5.07. The first-order valence-corrected chi connectivity index (χ1v) is 8.01. The summed E-state index contributed by atoms with van der Waals surface area (Å²) >= 11 is 0. The Hall–Kier alpha value is -0.520. The summed E-state index contributed by atoms with van der Waals surface area (Å²) in [6.07, 6.45) is 24.9. The van der Waals surface area contributed by atoms with Gasteiger partial charge >= 0.3 is 0 Å². The summed E-state index contributed by atoms with van der Waals surface area (Å²) in [7, 11) is 0. The van der Waals surface area contributed by atoms with Crippen LogP contribution in [0.4, 0.5) is 0 Å². The summed E-state index contributed by atoms with van der Waals surface area (Å²) in [6, 6.07) is 0. The van der Waals surface area contributed by atoms with Gasteiger partial charge in [-0.05, 0) is 44.9 Å². The molecule has 105 valence electrons. The first-order chi connectivity index (χ1) is 8.91. The zero-order valence-corrected chi connectivity index (χ0v) is 12.5. The number of unbranched alkanes of at least 4 members (excludes halogenated alkanes) is 9. The summed E-state index contributed by atoms with van der Waals surface area (Å²) in [6.45, 7) is 6.08. The third kappa shape index (κ3) is 15.5. The highest BCUT2D eigenvalue weighted by atomic mass is 13.9. The average molecular weight is 249 g/mol. The van der Waals surface area contributed by atoms with Gasteiger partial charge in [-0.1, -0.05) is 70.3 Å². The third-order valence-corrected chi connectivity index (χ3v) is 3.17. The first-order valence-electron chi connectivity index (χ1n) is 8.01. The summed E-state index contributed by atoms with van der Waals surface area (Å²) in [5.41, 5.74) is 0. The maximum Gasteiger partial charge on any atom is -0.0351 e. The Kier molecular flexibility index (Phi) is 16.0. The molecule has 0 N–H and O–H groups in total. The predicted octanol–water partition coefficient (Wildman–Crippen LogP) is 6.63. The molecule has 0 aliphatic rings. The lowest BCUT2D eigenvalue weighted by Crippen LogP contribution is -1.78. The fourth-order valence-electron chi connectivity index (χ4n) is 1.97. The fourth-order valence-corrected chi connectivity index (χ4v) is 1.97. The van der Waals surface area contributed by atoms with E-state index >= 15 is 0 Å². The van der Waals surface area contributed by atoms with Gasteiger partial charge in [-0.3, -0.25) is 0 Å². The number of hydrogen-bond acceptors (Lipinski definition) is 0. The molecule has 0 aromatic heterocycles. The lowest BCUT2D eigenvalue weighted by molar-refractivity contribution is 0.621. The van der Waals surface area contributed by atoms with Gasteiger partial charge in [0, 0.05) is 0 Å². The minimum absolute atomic E-state index is 1.03. The van der Waals surface area contributed by atoms with Crippen molar-refractivity contribution >= 4 is 0 Å². The quantitative estimate of drug-likeness (QED) is 0.254. The van der Waals surface area contributed by atoms with Crippen molar-refractivity contribution in [1.82, 2.24) is 0 Å². The van der Waals surface area contributed by atoms with Crippen LogP contribution >= 0.6 is 0 Å². The molecule has 0 heterocycles. The van der Waals surface area contributed by atoms with Crippen LogP contribution in [0.15, 0.2) is 24.3 Å². The van der Waals surface area contributed by atoms with Crippen molar-refractivity contribution in [2.45, 2.75) is 84.0 Å². The van der Waals surface area contributed by atoms with Crippen LogP contribution in [0.3, 0.4) is 0 Å². The van der Waals surface area contributed by atoms with Crippen molar-refractivity contribution in [3.63, 3.8) is 0 Å². The Labute approximate surface area is 116 Å². The fraction of sp³-hybridized carbons (Fsp3) is 0.722. The number of hydrogen-bond donors (Lipinski definition) is 0. The second-order valence-electron chi connectivity index (χ2n) is 5.07. The molecule has 0 bridgehead atoms. The minimum Gasteiger partial charge on any atom is -0.0885 e. The van der Waals surface area contributed by atoms with Crippen LogP contribution in [0, 0.1) is 6.92 Å². The van der Waals surface area contributed by atoms with Gasteiger partial charge in [-0.15, -0.1) is 0 Å². The van der Waals surface area contributed by atoms with Crippen molar-refractivity contribution in [3.8, 4) is 0 Å². The molecule has 0 rings (SSSR count). The van der Waals surface area contributed by atoms with Crippen LogP contribution in [-0.4, -0.2) is 0 Å². The molecule has 0 aromatic rings. The van der Waals surface area contributed by atoms with Gasteiger partial charge in [0.25, 0.3) is 0 Å². The smallest absolute Gasteiger partial charge is 0.0351 e. The van der Waals surface area contributed by atoms with Gasteiger partial charge in [-0.2, -0.15) is 0 Å². The van der Waals surface area contributed by atoms with Crippen LogP contribution in [0.2, 0.25) is 0 Å². The zero-order chi connectivity index (χ0) is 13.3. The molecule has 0 atom stereocenters. The van der Waals surface area contributed by atoms with Gasteiger partial charge < -0.3 is 0 Å². The van der Waals surface area contributed by atoms with Gasteiger partial charge in [0.15, 0.2) is 0 Å². The van der Waals surface area contributed by atoms with E-state index in [9.17, 15) is 0 Å². The van der Waals surface area contributed by atoms with Crippen molar-refractivity contribution in [2.75, 3.05) is 0 Å². The molecule has 0 unspecified atom stereocenters. The minimum atomic E-state index is 1.03. The first kappa shape index (κ1) is 17.5. The maximum atomic E-state index is 3.83. The molecule has 0 nitrogen and oxygen atoms in total. The zero-order valence-electron chi connectivity index (χ0n) is 12.5. The van der Waals surface area contributed by atoms with E-state index < -0.39 is 0 Å². The maximum absolute atomic E-state index is 3.83. The van der Waals surface area contributed by atoms with E-state index in [4.69, 9.17) is 0 Å². The summed E-state index contributed by atoms with van der Waals surface area (Å²) in [5.74, 6) is 0. The van der Waals surface area contributed by atoms with E-state index in [0.717, 1.165) is 12.8 Å². The molecule has 18 heavy (non-hydrogen) atoms. The van der Waals surface area contributed by atoms with E-state index in [0.29, 0.717) is 0 Å². The Morgan fingerprint density at radius 3 is 1.56 bits per heavy atom. The van der Waals surface area contributed by atoms with Crippen LogP contribution < -0.4 is 0 Å². The molecule has 0 heteroatoms. The van der Waals surface area contributed by atoms with E-state index in [2.05, 4.69) is 38.2 Å². The molecule has 0 saturated carbocycles. The topological polar surface area (TPSA) is 0 Å². The highest BCUT2D eigenvalue weighted by Gasteiger charge is 1.89.